The van der Waals surface area contributed by atoms with E-state index in [1.807, 2.05) is 6.92 Å². The summed E-state index contributed by atoms with van der Waals surface area (Å²) in [6, 6.07) is 0. The molecule has 0 amide bonds. The van der Waals surface area contributed by atoms with Gasteiger partial charge in [0.2, 0.25) is 0 Å². The van der Waals surface area contributed by atoms with Crippen molar-refractivity contribution in [3.63, 3.8) is 0 Å². The fourth-order valence-corrected chi connectivity index (χ4v) is 0.977. The minimum Gasteiger partial charge on any atom is -0.348 e. The molecule has 0 atom stereocenters. The Bertz CT molecular complexity index is 151. The third-order valence-electron chi connectivity index (χ3n) is 1.65. The molecule has 11 heavy (non-hydrogen) atoms. The molecule has 0 N–H and O–H groups in total. The fourth-order valence-electron chi connectivity index (χ4n) is 0.977. The minimum absolute atomic E-state index is 0.159. The molecule has 0 aromatic carbocycles. The van der Waals surface area contributed by atoms with E-state index < -0.39 is 0 Å². The van der Waals surface area contributed by atoms with Gasteiger partial charge in [-0.1, -0.05) is 20.4 Å². The zero-order chi connectivity index (χ0) is 8.48. The van der Waals surface area contributed by atoms with Gasteiger partial charge in [-0.15, -0.1) is 0 Å². The molecular weight excluding hydrogens is 140 g/mol. The largest absolute Gasteiger partial charge is 0.348 e. The van der Waals surface area contributed by atoms with E-state index in [1.54, 1.807) is 0 Å². The monoisotopic (exact) mass is 156 g/mol. The fraction of sp³-hybridized carbons (Fsp3) is 0.778. The first kappa shape index (κ1) is 8.75. The van der Waals surface area contributed by atoms with Crippen molar-refractivity contribution < 1.29 is 9.47 Å². The molecule has 0 saturated carbocycles. The first-order valence-electron chi connectivity index (χ1n) is 3.90. The number of rotatable bonds is 1. The average Bonchev–Trinajstić information content (AvgIpc) is 1.86. The van der Waals surface area contributed by atoms with Crippen molar-refractivity contribution in [3.8, 4) is 0 Å². The number of hydrogen-bond donors (Lipinski definition) is 0. The highest BCUT2D eigenvalue weighted by Gasteiger charge is 2.28. The van der Waals surface area contributed by atoms with Crippen LogP contribution in [0.1, 0.15) is 20.8 Å². The zero-order valence-electron chi connectivity index (χ0n) is 7.52. The maximum atomic E-state index is 5.43. The van der Waals surface area contributed by atoms with E-state index in [0.717, 1.165) is 18.8 Å². The Balaban J connectivity index is 2.42. The van der Waals surface area contributed by atoms with Crippen LogP contribution in [0.2, 0.25) is 0 Å². The molecule has 0 aliphatic carbocycles. The van der Waals surface area contributed by atoms with Crippen molar-refractivity contribution in [1.82, 2.24) is 0 Å². The highest BCUT2D eigenvalue weighted by molar-refractivity contribution is 4.94. The number of hydrogen-bond acceptors (Lipinski definition) is 2. The van der Waals surface area contributed by atoms with Crippen LogP contribution in [-0.2, 0) is 9.47 Å². The summed E-state index contributed by atoms with van der Waals surface area (Å²) in [4.78, 5) is 0. The normalized spacial score (nSPS) is 25.0. The third-order valence-corrected chi connectivity index (χ3v) is 1.65. The van der Waals surface area contributed by atoms with Gasteiger partial charge in [0.15, 0.2) is 6.29 Å². The molecule has 0 spiro atoms. The van der Waals surface area contributed by atoms with Gasteiger partial charge in [0, 0.05) is 5.41 Å². The summed E-state index contributed by atoms with van der Waals surface area (Å²) in [7, 11) is 0. The topological polar surface area (TPSA) is 18.5 Å². The Hall–Kier alpha value is -0.340. The third kappa shape index (κ3) is 2.31. The standard InChI is InChI=1S/C9H16O2/c1-7(2)8-10-5-9(3,4)6-11-8/h8H,1,5-6H2,2-4H3. The minimum atomic E-state index is -0.178. The molecule has 1 saturated heterocycles. The molecule has 0 unspecified atom stereocenters. The summed E-state index contributed by atoms with van der Waals surface area (Å²) in [5.41, 5.74) is 1.10. The van der Waals surface area contributed by atoms with Crippen LogP contribution in [0.5, 0.6) is 0 Å². The Morgan fingerprint density at radius 2 is 1.82 bits per heavy atom. The van der Waals surface area contributed by atoms with Crippen molar-refractivity contribution in [1.29, 1.82) is 0 Å². The number of ether oxygens (including phenoxy) is 2. The summed E-state index contributed by atoms with van der Waals surface area (Å²) in [6.45, 7) is 11.5. The second-order valence-electron chi connectivity index (χ2n) is 3.96. The lowest BCUT2D eigenvalue weighted by molar-refractivity contribution is -0.202. The van der Waals surface area contributed by atoms with E-state index in [4.69, 9.17) is 9.47 Å². The molecule has 0 radical (unpaired) electrons. The van der Waals surface area contributed by atoms with Crippen LogP contribution >= 0.6 is 0 Å². The van der Waals surface area contributed by atoms with Gasteiger partial charge in [-0.25, -0.2) is 0 Å². The van der Waals surface area contributed by atoms with Gasteiger partial charge in [0.25, 0.3) is 0 Å². The lowest BCUT2D eigenvalue weighted by Gasteiger charge is -2.34. The lowest BCUT2D eigenvalue weighted by atomic mass is 9.95. The van der Waals surface area contributed by atoms with Gasteiger partial charge >= 0.3 is 0 Å². The van der Waals surface area contributed by atoms with E-state index in [1.165, 1.54) is 0 Å². The smallest absolute Gasteiger partial charge is 0.179 e. The molecule has 64 valence electrons. The molecule has 1 rings (SSSR count). The summed E-state index contributed by atoms with van der Waals surface area (Å²) >= 11 is 0. The molecule has 0 aromatic heterocycles. The van der Waals surface area contributed by atoms with Crippen molar-refractivity contribution in [2.75, 3.05) is 13.2 Å². The van der Waals surface area contributed by atoms with E-state index in [0.29, 0.717) is 0 Å². The Kier molecular flexibility index (Phi) is 2.35. The van der Waals surface area contributed by atoms with Crippen LogP contribution in [0.15, 0.2) is 12.2 Å². The van der Waals surface area contributed by atoms with Crippen molar-refractivity contribution in [3.05, 3.63) is 12.2 Å². The first-order chi connectivity index (χ1) is 5.01. The Morgan fingerprint density at radius 1 is 1.36 bits per heavy atom. The van der Waals surface area contributed by atoms with E-state index in [2.05, 4.69) is 20.4 Å². The van der Waals surface area contributed by atoms with Crippen LogP contribution in [-0.4, -0.2) is 19.5 Å². The van der Waals surface area contributed by atoms with Crippen LogP contribution < -0.4 is 0 Å². The Labute approximate surface area is 68.2 Å². The van der Waals surface area contributed by atoms with E-state index in [-0.39, 0.29) is 11.7 Å². The van der Waals surface area contributed by atoms with Crippen LogP contribution in [0.25, 0.3) is 0 Å². The Morgan fingerprint density at radius 3 is 2.18 bits per heavy atom. The SMILES string of the molecule is C=C(C)C1OCC(C)(C)CO1. The maximum Gasteiger partial charge on any atom is 0.179 e. The molecule has 1 aliphatic rings. The molecule has 1 heterocycles. The zero-order valence-corrected chi connectivity index (χ0v) is 7.52. The van der Waals surface area contributed by atoms with Gasteiger partial charge < -0.3 is 9.47 Å². The molecule has 1 fully saturated rings. The molecule has 0 bridgehead atoms. The molecular formula is C9H16O2. The van der Waals surface area contributed by atoms with Gasteiger partial charge in [-0.2, -0.15) is 0 Å². The summed E-state index contributed by atoms with van der Waals surface area (Å²) in [5.74, 6) is 0. The predicted octanol–water partition coefficient (Wildman–Crippen LogP) is 1.96. The lowest BCUT2D eigenvalue weighted by Crippen LogP contribution is -2.38. The van der Waals surface area contributed by atoms with Crippen molar-refractivity contribution in [2.45, 2.75) is 27.1 Å². The van der Waals surface area contributed by atoms with E-state index >= 15 is 0 Å². The summed E-state index contributed by atoms with van der Waals surface area (Å²) < 4.78 is 10.9. The first-order valence-corrected chi connectivity index (χ1v) is 3.90. The van der Waals surface area contributed by atoms with Gasteiger partial charge in [0.05, 0.1) is 13.2 Å². The quantitative estimate of drug-likeness (QED) is 0.540. The molecule has 0 aromatic rings. The maximum absolute atomic E-state index is 5.43. The molecule has 2 heteroatoms. The molecule has 1 aliphatic heterocycles. The second kappa shape index (κ2) is 2.95. The van der Waals surface area contributed by atoms with Crippen LogP contribution in [0.4, 0.5) is 0 Å². The highest BCUT2D eigenvalue weighted by Crippen LogP contribution is 2.24. The second-order valence-corrected chi connectivity index (χ2v) is 3.96. The molecule has 2 nitrogen and oxygen atoms in total. The van der Waals surface area contributed by atoms with Crippen LogP contribution in [0, 0.1) is 5.41 Å². The average molecular weight is 156 g/mol. The van der Waals surface area contributed by atoms with Crippen molar-refractivity contribution >= 4 is 0 Å². The van der Waals surface area contributed by atoms with Crippen molar-refractivity contribution in [2.24, 2.45) is 5.41 Å². The van der Waals surface area contributed by atoms with Gasteiger partial charge in [-0.05, 0) is 12.5 Å². The van der Waals surface area contributed by atoms with Gasteiger partial charge in [-0.3, -0.25) is 0 Å². The highest BCUT2D eigenvalue weighted by atomic mass is 16.7. The van der Waals surface area contributed by atoms with Gasteiger partial charge in [0.1, 0.15) is 0 Å². The summed E-state index contributed by atoms with van der Waals surface area (Å²) in [6.07, 6.45) is -0.178. The van der Waals surface area contributed by atoms with E-state index in [9.17, 15) is 0 Å². The predicted molar refractivity (Wildman–Crippen MR) is 44.3 cm³/mol. The van der Waals surface area contributed by atoms with Crippen LogP contribution in [0.3, 0.4) is 0 Å². The summed E-state index contributed by atoms with van der Waals surface area (Å²) in [5, 5.41) is 0.